The topological polar surface area (TPSA) is 68.8 Å². The van der Waals surface area contributed by atoms with Crippen molar-refractivity contribution in [3.05, 3.63) is 350 Å². The first-order valence-electron chi connectivity index (χ1n) is 35.6. The van der Waals surface area contributed by atoms with Crippen LogP contribution in [0.25, 0.3) is 127 Å². The summed E-state index contributed by atoms with van der Waals surface area (Å²) in [5.74, 6) is 0. The van der Waals surface area contributed by atoms with Crippen molar-refractivity contribution in [1.82, 2.24) is 13.7 Å². The molecular formula is C96H64BN7. The van der Waals surface area contributed by atoms with E-state index in [0.29, 0.717) is 11.1 Å². The van der Waals surface area contributed by atoms with E-state index in [9.17, 15) is 10.5 Å². The lowest BCUT2D eigenvalue weighted by Gasteiger charge is -2.45. The summed E-state index contributed by atoms with van der Waals surface area (Å²) in [5.41, 5.74) is 29.5. The van der Waals surface area contributed by atoms with Crippen LogP contribution < -0.4 is 26.2 Å². The lowest BCUT2D eigenvalue weighted by atomic mass is 9.33. The molecule has 15 aromatic carbocycles. The second-order valence-electron chi connectivity index (χ2n) is 28.6. The smallest absolute Gasteiger partial charge is 0.252 e. The van der Waals surface area contributed by atoms with E-state index in [-0.39, 0.29) is 12.1 Å². The Morgan fingerprint density at radius 1 is 0.269 bits per heavy atom. The van der Waals surface area contributed by atoms with Crippen molar-refractivity contribution in [3.63, 3.8) is 0 Å². The number of benzene rings is 15. The molecule has 0 fully saturated rings. The van der Waals surface area contributed by atoms with Gasteiger partial charge in [0.2, 0.25) is 0 Å². The van der Waals surface area contributed by atoms with Gasteiger partial charge in [0.15, 0.2) is 0 Å². The molecule has 0 aliphatic carbocycles. The van der Waals surface area contributed by atoms with Crippen LogP contribution in [0.3, 0.4) is 0 Å². The molecule has 0 saturated heterocycles. The van der Waals surface area contributed by atoms with Crippen LogP contribution in [0.2, 0.25) is 0 Å². The summed E-state index contributed by atoms with van der Waals surface area (Å²) in [4.78, 5) is 5.15. The summed E-state index contributed by atoms with van der Waals surface area (Å²) >= 11 is 0. The summed E-state index contributed by atoms with van der Waals surface area (Å²) in [6.07, 6.45) is 0. The molecule has 2 aliphatic rings. The summed E-state index contributed by atoms with van der Waals surface area (Å²) in [6, 6.07) is 127. The first-order valence-corrected chi connectivity index (χ1v) is 35.6. The zero-order valence-corrected chi connectivity index (χ0v) is 57.5. The van der Waals surface area contributed by atoms with E-state index in [0.717, 1.165) is 167 Å². The Morgan fingerprint density at radius 2 is 0.625 bits per heavy atom. The Kier molecular flexibility index (Phi) is 13.6. The minimum Gasteiger partial charge on any atom is -0.311 e. The van der Waals surface area contributed by atoms with Gasteiger partial charge >= 0.3 is 0 Å². The number of anilines is 6. The fourth-order valence-corrected chi connectivity index (χ4v) is 17.2. The lowest BCUT2D eigenvalue weighted by molar-refractivity contribution is 0.590. The van der Waals surface area contributed by atoms with Gasteiger partial charge < -0.3 is 23.5 Å². The molecule has 0 amide bonds. The molecule has 8 heteroatoms. The van der Waals surface area contributed by atoms with Crippen LogP contribution in [-0.4, -0.2) is 20.4 Å². The van der Waals surface area contributed by atoms with Crippen LogP contribution in [-0.2, 0) is 5.41 Å². The third kappa shape index (κ3) is 9.22. The maximum Gasteiger partial charge on any atom is 0.252 e. The Bertz CT molecular complexity index is 6550. The number of fused-ring (bicyclic) bond motifs is 13. The first-order chi connectivity index (χ1) is 51.2. The zero-order valence-electron chi connectivity index (χ0n) is 57.5. The van der Waals surface area contributed by atoms with Gasteiger partial charge in [0.25, 0.3) is 6.71 Å². The van der Waals surface area contributed by atoms with E-state index >= 15 is 0 Å². The van der Waals surface area contributed by atoms with E-state index in [1.54, 1.807) is 0 Å². The highest BCUT2D eigenvalue weighted by Crippen LogP contribution is 2.52. The fraction of sp³-hybridized carbons (Fsp3) is 0.0417. The third-order valence-electron chi connectivity index (χ3n) is 21.8. The van der Waals surface area contributed by atoms with Crippen molar-refractivity contribution in [2.75, 3.05) is 9.80 Å². The minimum atomic E-state index is -0.338. The quantitative estimate of drug-likeness (QED) is 0.135. The summed E-state index contributed by atoms with van der Waals surface area (Å²) in [5, 5.41) is 28.9. The normalized spacial score (nSPS) is 12.5. The number of aromatic nitrogens is 3. The maximum atomic E-state index is 11.0. The average molecular weight is 1330 g/mol. The van der Waals surface area contributed by atoms with Crippen molar-refractivity contribution in [3.8, 4) is 73.7 Å². The Labute approximate surface area is 603 Å². The van der Waals surface area contributed by atoms with E-state index < -0.39 is 0 Å². The van der Waals surface area contributed by atoms with E-state index in [2.05, 4.69) is 378 Å². The molecule has 5 heterocycles. The van der Waals surface area contributed by atoms with Gasteiger partial charge in [-0.1, -0.05) is 239 Å². The number of rotatable bonds is 9. The molecule has 0 radical (unpaired) electrons. The summed E-state index contributed by atoms with van der Waals surface area (Å²) in [7, 11) is 0. The van der Waals surface area contributed by atoms with Crippen molar-refractivity contribution in [2.45, 2.75) is 26.2 Å². The van der Waals surface area contributed by atoms with E-state index in [4.69, 9.17) is 0 Å². The second-order valence-corrected chi connectivity index (χ2v) is 28.6. The molecule has 3 aromatic heterocycles. The summed E-state index contributed by atoms with van der Waals surface area (Å²) in [6.45, 7) is 6.57. The minimum absolute atomic E-state index is 0.180. The number of nitriles is 2. The molecule has 486 valence electrons. The molecule has 7 nitrogen and oxygen atoms in total. The molecule has 0 spiro atoms. The van der Waals surface area contributed by atoms with Gasteiger partial charge in [-0.25, -0.2) is 0 Å². The van der Waals surface area contributed by atoms with Crippen LogP contribution in [0.15, 0.2) is 334 Å². The molecule has 0 N–H and O–H groups in total. The van der Waals surface area contributed by atoms with E-state index in [1.807, 2.05) is 12.1 Å². The SMILES string of the molecule is CC(C)(C)c1ccc(N2c3cc(-c4cc(C#N)ccc4-n4c5ccccc5c5ccccc54)ccc3B3c4ccc(-c5cc(C#N)ccc5-n5c6ccccc6c6ccccc65)cc4N(c4ccccc4-c4ccccc4)c4cc(-n5c6ccccc6c6ccccc65)cc2c43)c(-c2ccccc2)c1. The molecule has 0 unspecified atom stereocenters. The molecule has 18 aromatic rings. The predicted molar refractivity (Wildman–Crippen MR) is 433 cm³/mol. The molecule has 0 bridgehead atoms. The number of para-hydroxylation sites is 7. The molecule has 20 rings (SSSR count). The van der Waals surface area contributed by atoms with Gasteiger partial charge in [-0.15, -0.1) is 0 Å². The number of nitrogens with zero attached hydrogens (tertiary/aromatic N) is 7. The van der Waals surface area contributed by atoms with Gasteiger partial charge in [0.1, 0.15) is 0 Å². The molecular weight excluding hydrogens is 1260 g/mol. The molecule has 0 atom stereocenters. The monoisotopic (exact) mass is 1330 g/mol. The third-order valence-corrected chi connectivity index (χ3v) is 21.8. The Hall–Kier alpha value is -13.7. The number of hydrogen-bond acceptors (Lipinski definition) is 4. The van der Waals surface area contributed by atoms with Crippen LogP contribution in [0.4, 0.5) is 34.1 Å². The van der Waals surface area contributed by atoms with Gasteiger partial charge in [-0.3, -0.25) is 0 Å². The highest BCUT2D eigenvalue weighted by molar-refractivity contribution is 7.00. The zero-order chi connectivity index (χ0) is 69.5. The maximum absolute atomic E-state index is 11.0. The highest BCUT2D eigenvalue weighted by Gasteiger charge is 2.45. The lowest BCUT2D eigenvalue weighted by Crippen LogP contribution is -2.61. The van der Waals surface area contributed by atoms with Gasteiger partial charge in [-0.05, 0) is 165 Å². The Balaban J connectivity index is 0.937. The van der Waals surface area contributed by atoms with Crippen molar-refractivity contribution in [2.24, 2.45) is 0 Å². The standard InChI is InChI=1S/C96H64BN7/c1-96(2,3)67-46-51-90(78(56-67)64-26-8-5-9-27-64)104-92-55-66(77-53-62(60-99)43-50-89(77)102-86-40-22-15-33-74(86)75-34-16-23-41-87(75)102)45-48-80(92)97-79-47-44-65(76-52-61(59-98)42-49-88(76)101-84-38-20-13-31-72(84)73-32-14-21-39-85(73)101)54-91(79)103(81-35-17-10-28-69(81)63-24-6-4-7-25-63)93-57-68(58-94(104)95(93)97)100-82-36-18-11-29-70(82)71-30-12-19-37-83(71)100/h4-58H,1-3H3. The molecule has 104 heavy (non-hydrogen) atoms. The highest BCUT2D eigenvalue weighted by atomic mass is 15.2. The van der Waals surface area contributed by atoms with Crippen LogP contribution >= 0.6 is 0 Å². The first kappa shape index (κ1) is 60.3. The Morgan fingerprint density at radius 3 is 1.05 bits per heavy atom. The van der Waals surface area contributed by atoms with Gasteiger partial charge in [-0.2, -0.15) is 10.5 Å². The largest absolute Gasteiger partial charge is 0.311 e. The average Bonchev–Trinajstić information content (AvgIpc) is 0.792. The van der Waals surface area contributed by atoms with Crippen molar-refractivity contribution < 1.29 is 0 Å². The van der Waals surface area contributed by atoms with Gasteiger partial charge in [0, 0.05) is 77.3 Å². The van der Waals surface area contributed by atoms with E-state index in [1.165, 1.54) is 16.3 Å². The van der Waals surface area contributed by atoms with Crippen molar-refractivity contribution in [1.29, 1.82) is 10.5 Å². The van der Waals surface area contributed by atoms with Crippen molar-refractivity contribution >= 4 is 123 Å². The van der Waals surface area contributed by atoms with Crippen LogP contribution in [0.1, 0.15) is 37.5 Å². The predicted octanol–water partition coefficient (Wildman–Crippen LogP) is 22.8. The molecule has 2 aliphatic heterocycles. The summed E-state index contributed by atoms with van der Waals surface area (Å²) < 4.78 is 7.24. The number of hydrogen-bond donors (Lipinski definition) is 0. The van der Waals surface area contributed by atoms with Gasteiger partial charge in [0.05, 0.1) is 84.8 Å². The van der Waals surface area contributed by atoms with Crippen LogP contribution in [0, 0.1) is 22.7 Å². The van der Waals surface area contributed by atoms with Crippen LogP contribution in [0.5, 0.6) is 0 Å². The second kappa shape index (κ2) is 23.5. The fourth-order valence-electron chi connectivity index (χ4n) is 17.2. The molecule has 0 saturated carbocycles.